The monoisotopic (exact) mass is 576 g/mol. The van der Waals surface area contributed by atoms with Crippen molar-refractivity contribution in [3.8, 4) is 22.9 Å². The summed E-state index contributed by atoms with van der Waals surface area (Å²) in [6.45, 7) is 12.3. The summed E-state index contributed by atoms with van der Waals surface area (Å²) < 4.78 is 2.31. The molecule has 0 unspecified atom stereocenters. The Balaban J connectivity index is 1.49. The first-order chi connectivity index (χ1) is 22.0. The standard InChI is InChI=1S/C41H28N4/c1-41(2)35-14-6-10-18-39(35)45(40-19-11-7-15-36(40)41)31-23-28(34-24-29(43-3)21-20-27(34)26-42)22-30(25-31)44-37-16-8-4-12-32(37)33-13-5-9-17-38(33)44/h4-25H,1-2H3. The fourth-order valence-corrected chi connectivity index (χ4v) is 7.09. The van der Waals surface area contributed by atoms with Crippen molar-refractivity contribution in [2.24, 2.45) is 0 Å². The Morgan fingerprint density at radius 2 is 1.20 bits per heavy atom. The molecule has 0 fully saturated rings. The molecule has 1 aliphatic heterocycles. The van der Waals surface area contributed by atoms with Gasteiger partial charge >= 0.3 is 0 Å². The number of benzene rings is 6. The molecule has 6 aromatic carbocycles. The molecule has 7 aromatic rings. The first-order valence-corrected chi connectivity index (χ1v) is 15.0. The van der Waals surface area contributed by atoms with Gasteiger partial charge in [-0.25, -0.2) is 4.85 Å². The molecule has 8 rings (SSSR count). The molecule has 0 bridgehead atoms. The second-order valence-corrected chi connectivity index (χ2v) is 12.1. The third-order valence-electron chi connectivity index (χ3n) is 9.20. The predicted octanol–water partition coefficient (Wildman–Crippen LogP) is 11.0. The maximum atomic E-state index is 10.2. The van der Waals surface area contributed by atoms with Gasteiger partial charge < -0.3 is 9.47 Å². The largest absolute Gasteiger partial charge is 0.310 e. The highest BCUT2D eigenvalue weighted by Crippen LogP contribution is 2.52. The lowest BCUT2D eigenvalue weighted by molar-refractivity contribution is 0.632. The maximum Gasteiger partial charge on any atom is 0.187 e. The van der Waals surface area contributed by atoms with Crippen LogP contribution in [0.15, 0.2) is 133 Å². The molecule has 0 radical (unpaired) electrons. The molecule has 0 N–H and O–H groups in total. The number of para-hydroxylation sites is 4. The third kappa shape index (κ3) is 3.97. The number of fused-ring (bicyclic) bond motifs is 5. The normalized spacial score (nSPS) is 13.2. The van der Waals surface area contributed by atoms with Crippen LogP contribution in [0.25, 0.3) is 43.5 Å². The topological polar surface area (TPSA) is 36.3 Å². The lowest BCUT2D eigenvalue weighted by Crippen LogP contribution is -2.30. The zero-order valence-corrected chi connectivity index (χ0v) is 25.0. The molecule has 45 heavy (non-hydrogen) atoms. The Morgan fingerprint density at radius 3 is 1.80 bits per heavy atom. The van der Waals surface area contributed by atoms with Crippen molar-refractivity contribution in [1.29, 1.82) is 5.26 Å². The molecule has 4 nitrogen and oxygen atoms in total. The van der Waals surface area contributed by atoms with Gasteiger partial charge in [0.25, 0.3) is 0 Å². The molecule has 0 spiro atoms. The third-order valence-corrected chi connectivity index (χ3v) is 9.20. The van der Waals surface area contributed by atoms with Crippen LogP contribution in [0, 0.1) is 17.9 Å². The highest BCUT2D eigenvalue weighted by Gasteiger charge is 2.36. The minimum atomic E-state index is -0.186. The first kappa shape index (κ1) is 26.5. The number of rotatable bonds is 3. The lowest BCUT2D eigenvalue weighted by atomic mass is 9.73. The minimum absolute atomic E-state index is 0.186. The van der Waals surface area contributed by atoms with Gasteiger partial charge in [-0.15, -0.1) is 0 Å². The fraction of sp³-hybridized carbons (Fsp3) is 0.0732. The van der Waals surface area contributed by atoms with Gasteiger partial charge in [0, 0.05) is 27.6 Å². The zero-order valence-electron chi connectivity index (χ0n) is 25.0. The van der Waals surface area contributed by atoms with Crippen molar-refractivity contribution in [1.82, 2.24) is 4.57 Å². The van der Waals surface area contributed by atoms with Crippen molar-refractivity contribution in [2.75, 3.05) is 4.90 Å². The van der Waals surface area contributed by atoms with Crippen LogP contribution in [-0.2, 0) is 5.41 Å². The van der Waals surface area contributed by atoms with Crippen LogP contribution in [0.2, 0.25) is 0 Å². The SMILES string of the molecule is [C-]#[N+]c1ccc(C#N)c(-c2cc(N3c4ccccc4C(C)(C)c4ccccc43)cc(-n3c4ccccc4c4ccccc43)c2)c1. The Labute approximate surface area is 262 Å². The molecular weight excluding hydrogens is 548 g/mol. The quantitative estimate of drug-likeness (QED) is 0.196. The number of hydrogen-bond donors (Lipinski definition) is 0. The Bertz CT molecular complexity index is 2290. The maximum absolute atomic E-state index is 10.2. The van der Waals surface area contributed by atoms with E-state index in [0.29, 0.717) is 11.3 Å². The summed E-state index contributed by atoms with van der Waals surface area (Å²) in [5.41, 5.74) is 11.4. The molecular formula is C41H28N4. The van der Waals surface area contributed by atoms with E-state index in [4.69, 9.17) is 6.57 Å². The highest BCUT2D eigenvalue weighted by molar-refractivity contribution is 6.09. The molecule has 1 aliphatic rings. The van der Waals surface area contributed by atoms with Crippen LogP contribution in [0.4, 0.5) is 22.7 Å². The van der Waals surface area contributed by atoms with Gasteiger partial charge in [-0.1, -0.05) is 98.8 Å². The Hall–Kier alpha value is -6.10. The predicted molar refractivity (Wildman–Crippen MR) is 184 cm³/mol. The van der Waals surface area contributed by atoms with Gasteiger partial charge in [0.15, 0.2) is 5.69 Å². The number of anilines is 3. The van der Waals surface area contributed by atoms with Crippen molar-refractivity contribution in [2.45, 2.75) is 19.3 Å². The Kier molecular flexibility index (Phi) is 5.88. The van der Waals surface area contributed by atoms with E-state index in [9.17, 15) is 5.26 Å². The molecule has 0 saturated heterocycles. The number of nitrogens with zero attached hydrogens (tertiary/aromatic N) is 4. The Morgan fingerprint density at radius 1 is 0.644 bits per heavy atom. The highest BCUT2D eigenvalue weighted by atomic mass is 15.2. The lowest BCUT2D eigenvalue weighted by Gasteiger charge is -2.42. The number of hydrogen-bond acceptors (Lipinski definition) is 2. The summed E-state index contributed by atoms with van der Waals surface area (Å²) in [6, 6.07) is 48.5. The van der Waals surface area contributed by atoms with Crippen LogP contribution in [0.1, 0.15) is 30.5 Å². The molecule has 4 heteroatoms. The summed E-state index contributed by atoms with van der Waals surface area (Å²) in [5.74, 6) is 0. The summed E-state index contributed by atoms with van der Waals surface area (Å²) in [6.07, 6.45) is 0. The summed E-state index contributed by atoms with van der Waals surface area (Å²) in [5, 5.41) is 12.5. The first-order valence-electron chi connectivity index (χ1n) is 15.0. The van der Waals surface area contributed by atoms with Crippen molar-refractivity contribution < 1.29 is 0 Å². The van der Waals surface area contributed by atoms with Gasteiger partial charge in [-0.3, -0.25) is 0 Å². The number of nitriles is 1. The second kappa shape index (κ2) is 9.98. The van der Waals surface area contributed by atoms with E-state index < -0.39 is 0 Å². The van der Waals surface area contributed by atoms with Crippen molar-refractivity contribution >= 4 is 44.6 Å². The van der Waals surface area contributed by atoms with Crippen molar-refractivity contribution in [3.63, 3.8) is 0 Å². The molecule has 0 saturated carbocycles. The zero-order chi connectivity index (χ0) is 30.7. The molecule has 0 amide bonds. The smallest absolute Gasteiger partial charge is 0.187 e. The summed E-state index contributed by atoms with van der Waals surface area (Å²) >= 11 is 0. The second-order valence-electron chi connectivity index (χ2n) is 12.1. The van der Waals surface area contributed by atoms with Crippen molar-refractivity contribution in [3.05, 3.63) is 162 Å². The van der Waals surface area contributed by atoms with Gasteiger partial charge in [-0.2, -0.15) is 5.26 Å². The van der Waals surface area contributed by atoms with Crippen LogP contribution in [-0.4, -0.2) is 4.57 Å². The number of aromatic nitrogens is 1. The van der Waals surface area contributed by atoms with E-state index in [0.717, 1.165) is 44.9 Å². The molecule has 0 aliphatic carbocycles. The van der Waals surface area contributed by atoms with E-state index in [-0.39, 0.29) is 5.41 Å². The summed E-state index contributed by atoms with van der Waals surface area (Å²) in [7, 11) is 0. The minimum Gasteiger partial charge on any atom is -0.310 e. The van der Waals surface area contributed by atoms with Gasteiger partial charge in [0.2, 0.25) is 0 Å². The van der Waals surface area contributed by atoms with E-state index >= 15 is 0 Å². The van der Waals surface area contributed by atoms with Crippen LogP contribution in [0.5, 0.6) is 0 Å². The molecule has 2 heterocycles. The average molecular weight is 577 g/mol. The van der Waals surface area contributed by atoms with E-state index in [1.165, 1.54) is 21.9 Å². The van der Waals surface area contributed by atoms with Crippen LogP contribution < -0.4 is 4.90 Å². The fourth-order valence-electron chi connectivity index (χ4n) is 7.09. The van der Waals surface area contributed by atoms with Crippen LogP contribution >= 0.6 is 0 Å². The van der Waals surface area contributed by atoms with E-state index in [2.05, 4.69) is 149 Å². The van der Waals surface area contributed by atoms with E-state index in [1.807, 2.05) is 6.07 Å². The average Bonchev–Trinajstić information content (AvgIpc) is 3.42. The van der Waals surface area contributed by atoms with Gasteiger partial charge in [0.05, 0.1) is 40.6 Å². The van der Waals surface area contributed by atoms with Gasteiger partial charge in [-0.05, 0) is 70.8 Å². The van der Waals surface area contributed by atoms with Crippen LogP contribution in [0.3, 0.4) is 0 Å². The molecule has 212 valence electrons. The molecule has 1 aromatic heterocycles. The van der Waals surface area contributed by atoms with E-state index in [1.54, 1.807) is 12.1 Å². The summed E-state index contributed by atoms with van der Waals surface area (Å²) in [4.78, 5) is 6.05. The molecule has 0 atom stereocenters. The van der Waals surface area contributed by atoms with Gasteiger partial charge in [0.1, 0.15) is 0 Å².